The molecule has 0 aliphatic heterocycles. The number of hydrogen-bond donors (Lipinski definition) is 1. The molecule has 0 aliphatic carbocycles. The Bertz CT molecular complexity index is 797. The van der Waals surface area contributed by atoms with E-state index < -0.39 is 0 Å². The molecule has 1 aromatic heterocycles. The lowest BCUT2D eigenvalue weighted by molar-refractivity contribution is -0.122. The minimum Gasteiger partial charge on any atom is -0.351 e. The van der Waals surface area contributed by atoms with E-state index in [2.05, 4.69) is 22.4 Å². The number of aromatic nitrogens is 2. The molecule has 0 radical (unpaired) electrons. The number of hydrogen-bond acceptors (Lipinski definition) is 2. The fourth-order valence-electron chi connectivity index (χ4n) is 3.00. The van der Waals surface area contributed by atoms with Crippen molar-refractivity contribution in [1.82, 2.24) is 14.9 Å². The van der Waals surface area contributed by atoms with Crippen LogP contribution in [0.2, 0.25) is 0 Å². The van der Waals surface area contributed by atoms with Gasteiger partial charge in [-0.25, -0.2) is 4.98 Å². The van der Waals surface area contributed by atoms with Gasteiger partial charge in [0.15, 0.2) is 0 Å². The molecular formula is C21H23N3O. The van der Waals surface area contributed by atoms with Crippen molar-refractivity contribution >= 4 is 5.91 Å². The van der Waals surface area contributed by atoms with Crippen LogP contribution < -0.4 is 5.32 Å². The first-order valence-corrected chi connectivity index (χ1v) is 8.62. The summed E-state index contributed by atoms with van der Waals surface area (Å²) in [5.74, 6) is -0.0240. The van der Waals surface area contributed by atoms with Crippen molar-refractivity contribution in [3.8, 4) is 0 Å². The maximum Gasteiger partial charge on any atom is 0.227 e. The molecule has 0 saturated heterocycles. The molecule has 1 unspecified atom stereocenters. The summed E-state index contributed by atoms with van der Waals surface area (Å²) in [7, 11) is 0. The molecule has 2 aromatic carbocycles. The highest BCUT2D eigenvalue weighted by Crippen LogP contribution is 2.19. The molecule has 4 heteroatoms. The first kappa shape index (κ1) is 17.0. The number of nitrogens with one attached hydrogen (secondary N) is 1. The Morgan fingerprint density at radius 2 is 1.92 bits per heavy atom. The number of imidazole rings is 1. The second-order valence-corrected chi connectivity index (χ2v) is 6.14. The maximum absolute atomic E-state index is 12.6. The molecule has 0 aliphatic rings. The molecular weight excluding hydrogens is 310 g/mol. The Hall–Kier alpha value is -2.88. The molecule has 0 saturated carbocycles. The standard InChI is InChI=1S/C21H23N3O/c1-2-20(19-9-4-3-5-10-19)21(25)23-14-17-7-6-8-18(13-17)15-24-12-11-22-16-24/h3-13,16,20H,2,14-15H2,1H3,(H,23,25). The molecule has 4 nitrogen and oxygen atoms in total. The van der Waals surface area contributed by atoms with Crippen LogP contribution in [0.1, 0.15) is 36.0 Å². The lowest BCUT2D eigenvalue weighted by Gasteiger charge is -2.15. The smallest absolute Gasteiger partial charge is 0.227 e. The number of carbonyl (C=O) groups is 1. The van der Waals surface area contributed by atoms with Crippen LogP contribution >= 0.6 is 0 Å². The lowest BCUT2D eigenvalue weighted by atomic mass is 9.95. The zero-order chi connectivity index (χ0) is 17.5. The van der Waals surface area contributed by atoms with E-state index in [0.717, 1.165) is 24.1 Å². The third kappa shape index (κ3) is 4.57. The van der Waals surface area contributed by atoms with E-state index >= 15 is 0 Å². The number of amides is 1. The van der Waals surface area contributed by atoms with Crippen molar-refractivity contribution in [3.05, 3.63) is 90.0 Å². The van der Waals surface area contributed by atoms with Crippen LogP contribution in [0.25, 0.3) is 0 Å². The summed E-state index contributed by atoms with van der Waals surface area (Å²) in [6, 6.07) is 18.2. The summed E-state index contributed by atoms with van der Waals surface area (Å²) in [5, 5.41) is 3.08. The van der Waals surface area contributed by atoms with E-state index in [1.54, 1.807) is 12.5 Å². The van der Waals surface area contributed by atoms with Gasteiger partial charge in [0.2, 0.25) is 5.91 Å². The summed E-state index contributed by atoms with van der Waals surface area (Å²) < 4.78 is 2.03. The Kier molecular flexibility index (Phi) is 5.62. The SMILES string of the molecule is CCC(C(=O)NCc1cccc(Cn2ccnc2)c1)c1ccccc1. The summed E-state index contributed by atoms with van der Waals surface area (Å²) in [4.78, 5) is 16.6. The monoisotopic (exact) mass is 333 g/mol. The first-order valence-electron chi connectivity index (χ1n) is 8.62. The van der Waals surface area contributed by atoms with E-state index in [0.29, 0.717) is 6.54 Å². The molecule has 3 rings (SSSR count). The molecule has 0 spiro atoms. The Morgan fingerprint density at radius 3 is 2.64 bits per heavy atom. The van der Waals surface area contributed by atoms with Crippen LogP contribution in [0.4, 0.5) is 0 Å². The molecule has 1 heterocycles. The molecule has 3 aromatic rings. The van der Waals surface area contributed by atoms with Gasteiger partial charge in [-0.1, -0.05) is 61.5 Å². The average Bonchev–Trinajstić information content (AvgIpc) is 3.15. The summed E-state index contributed by atoms with van der Waals surface area (Å²) in [6.45, 7) is 3.37. The topological polar surface area (TPSA) is 46.9 Å². The lowest BCUT2D eigenvalue weighted by Crippen LogP contribution is -2.28. The second-order valence-electron chi connectivity index (χ2n) is 6.14. The highest BCUT2D eigenvalue weighted by Gasteiger charge is 2.17. The third-order valence-corrected chi connectivity index (χ3v) is 4.31. The van der Waals surface area contributed by atoms with Crippen molar-refractivity contribution in [2.45, 2.75) is 32.4 Å². The molecule has 1 amide bonds. The highest BCUT2D eigenvalue weighted by atomic mass is 16.1. The van der Waals surface area contributed by atoms with Gasteiger partial charge in [-0.3, -0.25) is 4.79 Å². The molecule has 0 bridgehead atoms. The maximum atomic E-state index is 12.6. The van der Waals surface area contributed by atoms with Crippen LogP contribution in [0, 0.1) is 0 Å². The predicted octanol–water partition coefficient (Wildman–Crippen LogP) is 3.74. The molecule has 1 N–H and O–H groups in total. The fraction of sp³-hybridized carbons (Fsp3) is 0.238. The summed E-state index contributed by atoms with van der Waals surface area (Å²) in [5.41, 5.74) is 3.37. The van der Waals surface area contributed by atoms with Crippen molar-refractivity contribution in [2.75, 3.05) is 0 Å². The number of rotatable bonds is 7. The molecule has 128 valence electrons. The Morgan fingerprint density at radius 1 is 1.12 bits per heavy atom. The summed E-state index contributed by atoms with van der Waals surface area (Å²) >= 11 is 0. The van der Waals surface area contributed by atoms with Gasteiger partial charge >= 0.3 is 0 Å². The van der Waals surface area contributed by atoms with E-state index in [4.69, 9.17) is 0 Å². The minimum atomic E-state index is -0.102. The van der Waals surface area contributed by atoms with E-state index in [-0.39, 0.29) is 11.8 Å². The van der Waals surface area contributed by atoms with Crippen LogP contribution in [-0.4, -0.2) is 15.5 Å². The van der Waals surface area contributed by atoms with Crippen molar-refractivity contribution in [2.24, 2.45) is 0 Å². The van der Waals surface area contributed by atoms with E-state index in [9.17, 15) is 4.79 Å². The molecule has 25 heavy (non-hydrogen) atoms. The number of nitrogens with zero attached hydrogens (tertiary/aromatic N) is 2. The van der Waals surface area contributed by atoms with Gasteiger partial charge < -0.3 is 9.88 Å². The minimum absolute atomic E-state index is 0.0775. The zero-order valence-corrected chi connectivity index (χ0v) is 14.4. The number of benzene rings is 2. The van der Waals surface area contributed by atoms with Gasteiger partial charge in [0.1, 0.15) is 0 Å². The number of carbonyl (C=O) groups excluding carboxylic acids is 1. The average molecular weight is 333 g/mol. The normalized spacial score (nSPS) is 11.9. The van der Waals surface area contributed by atoms with Gasteiger partial charge in [0, 0.05) is 25.5 Å². The third-order valence-electron chi connectivity index (χ3n) is 4.31. The van der Waals surface area contributed by atoms with Crippen molar-refractivity contribution in [1.29, 1.82) is 0 Å². The fourth-order valence-corrected chi connectivity index (χ4v) is 3.00. The van der Waals surface area contributed by atoms with E-state index in [1.165, 1.54) is 5.56 Å². The van der Waals surface area contributed by atoms with Gasteiger partial charge in [0.05, 0.1) is 12.2 Å². The van der Waals surface area contributed by atoms with Gasteiger partial charge in [-0.15, -0.1) is 0 Å². The zero-order valence-electron chi connectivity index (χ0n) is 14.4. The Balaban J connectivity index is 1.62. The van der Waals surface area contributed by atoms with Crippen LogP contribution in [0.3, 0.4) is 0 Å². The Labute approximate surface area is 148 Å². The van der Waals surface area contributed by atoms with Gasteiger partial charge in [0.25, 0.3) is 0 Å². The van der Waals surface area contributed by atoms with Gasteiger partial charge in [-0.2, -0.15) is 0 Å². The summed E-state index contributed by atoms with van der Waals surface area (Å²) in [6.07, 6.45) is 6.31. The predicted molar refractivity (Wildman–Crippen MR) is 99.1 cm³/mol. The van der Waals surface area contributed by atoms with Crippen LogP contribution in [0.15, 0.2) is 73.3 Å². The quantitative estimate of drug-likeness (QED) is 0.716. The van der Waals surface area contributed by atoms with Crippen molar-refractivity contribution in [3.63, 3.8) is 0 Å². The first-order chi connectivity index (χ1) is 12.3. The molecule has 0 fully saturated rings. The molecule has 1 atom stereocenters. The van der Waals surface area contributed by atoms with Crippen molar-refractivity contribution < 1.29 is 4.79 Å². The highest BCUT2D eigenvalue weighted by molar-refractivity contribution is 5.83. The largest absolute Gasteiger partial charge is 0.351 e. The van der Waals surface area contributed by atoms with Gasteiger partial charge in [-0.05, 0) is 23.1 Å². The second kappa shape index (κ2) is 8.29. The van der Waals surface area contributed by atoms with Crippen LogP contribution in [0.5, 0.6) is 0 Å². The van der Waals surface area contributed by atoms with Crippen LogP contribution in [-0.2, 0) is 17.9 Å². The van der Waals surface area contributed by atoms with E-state index in [1.807, 2.05) is 60.2 Å².